The van der Waals surface area contributed by atoms with Crippen molar-refractivity contribution in [2.75, 3.05) is 26.4 Å². The predicted molar refractivity (Wildman–Crippen MR) is 53.7 cm³/mol. The molecule has 0 radical (unpaired) electrons. The Hall–Kier alpha value is -0.200. The molecule has 1 rings (SSSR count). The Labute approximate surface area is 89.9 Å². The minimum Gasteiger partial charge on any atom is -0.388 e. The zero-order valence-electron chi connectivity index (χ0n) is 9.26. The molecule has 15 heavy (non-hydrogen) atoms. The molecule has 0 saturated carbocycles. The average Bonchev–Trinajstić information content (AvgIpc) is 2.24. The van der Waals surface area contributed by atoms with Crippen molar-refractivity contribution in [3.8, 4) is 0 Å². The monoisotopic (exact) mass is 220 g/mol. The van der Waals surface area contributed by atoms with E-state index in [9.17, 15) is 10.2 Å². The highest BCUT2D eigenvalue weighted by Gasteiger charge is 2.39. The molecule has 0 amide bonds. The van der Waals surface area contributed by atoms with Crippen molar-refractivity contribution in [3.05, 3.63) is 0 Å². The third-order valence-corrected chi connectivity index (χ3v) is 2.42. The van der Waals surface area contributed by atoms with E-state index >= 15 is 0 Å². The first-order chi connectivity index (χ1) is 7.20. The maximum Gasteiger partial charge on any atom is 0.114 e. The molecule has 1 saturated heterocycles. The van der Waals surface area contributed by atoms with Crippen molar-refractivity contribution in [2.45, 2.75) is 38.3 Å². The first-order valence-corrected chi connectivity index (χ1v) is 5.37. The summed E-state index contributed by atoms with van der Waals surface area (Å²) in [7, 11) is 0. The lowest BCUT2D eigenvalue weighted by Gasteiger charge is -2.37. The number of aliphatic hydroxyl groups is 2. The lowest BCUT2D eigenvalue weighted by molar-refractivity contribution is -0.213. The van der Waals surface area contributed by atoms with Gasteiger partial charge >= 0.3 is 0 Å². The fraction of sp³-hybridized carbons (Fsp3) is 1.00. The SMILES string of the molecule is CCOC[C@H]1OC[C@H](O)C(O)[C@@H]1OCC. The van der Waals surface area contributed by atoms with E-state index in [2.05, 4.69) is 0 Å². The molecule has 1 fully saturated rings. The number of ether oxygens (including phenoxy) is 3. The van der Waals surface area contributed by atoms with Crippen LogP contribution in [0.25, 0.3) is 0 Å². The van der Waals surface area contributed by atoms with Crippen LogP contribution < -0.4 is 0 Å². The van der Waals surface area contributed by atoms with Crippen molar-refractivity contribution in [3.63, 3.8) is 0 Å². The van der Waals surface area contributed by atoms with E-state index in [0.717, 1.165) is 0 Å². The van der Waals surface area contributed by atoms with Gasteiger partial charge in [-0.3, -0.25) is 0 Å². The Kier molecular flexibility index (Phi) is 5.49. The van der Waals surface area contributed by atoms with Crippen molar-refractivity contribution >= 4 is 0 Å². The smallest absolute Gasteiger partial charge is 0.114 e. The van der Waals surface area contributed by atoms with E-state index in [1.807, 2.05) is 13.8 Å². The molecule has 0 bridgehead atoms. The molecule has 0 aromatic rings. The van der Waals surface area contributed by atoms with Crippen molar-refractivity contribution < 1.29 is 24.4 Å². The first kappa shape index (κ1) is 12.9. The molecule has 0 aromatic carbocycles. The minimum atomic E-state index is -0.899. The van der Waals surface area contributed by atoms with Crippen LogP contribution >= 0.6 is 0 Å². The number of aliphatic hydroxyl groups excluding tert-OH is 2. The van der Waals surface area contributed by atoms with Crippen LogP contribution in [0.15, 0.2) is 0 Å². The molecular formula is C10H20O5. The Balaban J connectivity index is 2.51. The highest BCUT2D eigenvalue weighted by molar-refractivity contribution is 4.87. The van der Waals surface area contributed by atoms with Gasteiger partial charge in [0.2, 0.25) is 0 Å². The zero-order chi connectivity index (χ0) is 11.3. The summed E-state index contributed by atoms with van der Waals surface area (Å²) >= 11 is 0. The highest BCUT2D eigenvalue weighted by atomic mass is 16.6. The zero-order valence-corrected chi connectivity index (χ0v) is 9.26. The third kappa shape index (κ3) is 3.39. The highest BCUT2D eigenvalue weighted by Crippen LogP contribution is 2.19. The predicted octanol–water partition coefficient (Wildman–Crippen LogP) is -0.451. The minimum absolute atomic E-state index is 0.127. The van der Waals surface area contributed by atoms with Gasteiger partial charge in [-0.15, -0.1) is 0 Å². The van der Waals surface area contributed by atoms with E-state index in [-0.39, 0.29) is 12.7 Å². The van der Waals surface area contributed by atoms with Crippen LogP contribution in [0, 0.1) is 0 Å². The second kappa shape index (κ2) is 6.40. The molecule has 1 heterocycles. The lowest BCUT2D eigenvalue weighted by atomic mass is 10.0. The van der Waals surface area contributed by atoms with Crippen LogP contribution in [0.4, 0.5) is 0 Å². The summed E-state index contributed by atoms with van der Waals surface area (Å²) in [5.74, 6) is 0. The molecule has 2 N–H and O–H groups in total. The van der Waals surface area contributed by atoms with Gasteiger partial charge in [0.25, 0.3) is 0 Å². The Bertz CT molecular complexity index is 173. The maximum absolute atomic E-state index is 9.73. The summed E-state index contributed by atoms with van der Waals surface area (Å²) in [4.78, 5) is 0. The molecule has 0 aliphatic carbocycles. The summed E-state index contributed by atoms with van der Waals surface area (Å²) in [6.07, 6.45) is -2.59. The summed E-state index contributed by atoms with van der Waals surface area (Å²) in [6.45, 7) is 5.31. The van der Waals surface area contributed by atoms with Gasteiger partial charge in [0.05, 0.1) is 13.2 Å². The van der Waals surface area contributed by atoms with Gasteiger partial charge in [0.15, 0.2) is 0 Å². The van der Waals surface area contributed by atoms with Crippen LogP contribution in [-0.2, 0) is 14.2 Å². The number of hydrogen-bond acceptors (Lipinski definition) is 5. The maximum atomic E-state index is 9.73. The molecule has 5 heteroatoms. The second-order valence-electron chi connectivity index (χ2n) is 3.51. The van der Waals surface area contributed by atoms with Crippen LogP contribution in [0.1, 0.15) is 13.8 Å². The molecule has 4 atom stereocenters. The van der Waals surface area contributed by atoms with E-state index in [1.165, 1.54) is 0 Å². The fourth-order valence-electron chi connectivity index (χ4n) is 1.63. The van der Waals surface area contributed by atoms with E-state index in [0.29, 0.717) is 19.8 Å². The molecule has 5 nitrogen and oxygen atoms in total. The van der Waals surface area contributed by atoms with Crippen molar-refractivity contribution in [1.29, 1.82) is 0 Å². The molecule has 0 aromatic heterocycles. The van der Waals surface area contributed by atoms with Gasteiger partial charge in [0, 0.05) is 13.2 Å². The summed E-state index contributed by atoms with van der Waals surface area (Å²) < 4.78 is 16.0. The first-order valence-electron chi connectivity index (χ1n) is 5.37. The van der Waals surface area contributed by atoms with Crippen LogP contribution in [0.2, 0.25) is 0 Å². The Morgan fingerprint density at radius 3 is 2.60 bits per heavy atom. The van der Waals surface area contributed by atoms with Crippen LogP contribution in [-0.4, -0.2) is 61.1 Å². The lowest BCUT2D eigenvalue weighted by Crippen LogP contribution is -2.55. The molecular weight excluding hydrogens is 200 g/mol. The number of hydrogen-bond donors (Lipinski definition) is 2. The van der Waals surface area contributed by atoms with Crippen LogP contribution in [0.3, 0.4) is 0 Å². The summed E-state index contributed by atoms with van der Waals surface area (Å²) in [5.41, 5.74) is 0. The van der Waals surface area contributed by atoms with E-state index in [1.54, 1.807) is 0 Å². The van der Waals surface area contributed by atoms with E-state index in [4.69, 9.17) is 14.2 Å². The van der Waals surface area contributed by atoms with Gasteiger partial charge in [-0.05, 0) is 13.8 Å². The van der Waals surface area contributed by atoms with Gasteiger partial charge < -0.3 is 24.4 Å². The molecule has 90 valence electrons. The molecule has 1 aliphatic rings. The standard InChI is InChI=1S/C10H20O5/c1-3-13-6-8-10(14-4-2)9(12)7(11)5-15-8/h7-12H,3-6H2,1-2H3/t7-,8+,9?,10+/m0/s1. The molecule has 1 unspecified atom stereocenters. The quantitative estimate of drug-likeness (QED) is 0.656. The van der Waals surface area contributed by atoms with Gasteiger partial charge in [-0.25, -0.2) is 0 Å². The van der Waals surface area contributed by atoms with Gasteiger partial charge in [-0.2, -0.15) is 0 Å². The molecule has 0 spiro atoms. The van der Waals surface area contributed by atoms with Gasteiger partial charge in [0.1, 0.15) is 24.4 Å². The molecule has 1 aliphatic heterocycles. The largest absolute Gasteiger partial charge is 0.388 e. The van der Waals surface area contributed by atoms with Crippen molar-refractivity contribution in [2.24, 2.45) is 0 Å². The second-order valence-corrected chi connectivity index (χ2v) is 3.51. The van der Waals surface area contributed by atoms with E-state index < -0.39 is 18.3 Å². The Morgan fingerprint density at radius 1 is 1.27 bits per heavy atom. The fourth-order valence-corrected chi connectivity index (χ4v) is 1.63. The average molecular weight is 220 g/mol. The number of rotatable bonds is 5. The summed E-state index contributed by atoms with van der Waals surface area (Å²) in [5, 5.41) is 19.1. The van der Waals surface area contributed by atoms with Crippen LogP contribution in [0.5, 0.6) is 0 Å². The van der Waals surface area contributed by atoms with Crippen molar-refractivity contribution in [1.82, 2.24) is 0 Å². The Morgan fingerprint density at radius 2 is 2.00 bits per heavy atom. The topological polar surface area (TPSA) is 68.2 Å². The van der Waals surface area contributed by atoms with Gasteiger partial charge in [-0.1, -0.05) is 0 Å². The normalized spacial score (nSPS) is 36.8. The third-order valence-electron chi connectivity index (χ3n) is 2.42. The summed E-state index contributed by atoms with van der Waals surface area (Å²) in [6, 6.07) is 0.